The maximum atomic E-state index is 13.1. The van der Waals surface area contributed by atoms with Crippen LogP contribution in [0.4, 0.5) is 15.8 Å². The first-order chi connectivity index (χ1) is 9.70. The Hall–Kier alpha value is -1.60. The van der Waals surface area contributed by atoms with E-state index in [1.165, 1.54) is 6.07 Å². The van der Waals surface area contributed by atoms with Crippen LogP contribution in [-0.2, 0) is 10.0 Å². The Balaban J connectivity index is 2.44. The molecule has 3 N–H and O–H groups in total. The largest absolute Gasteiger partial charge is 0.396 e. The first-order valence-corrected chi connectivity index (χ1v) is 8.33. The zero-order valence-corrected chi connectivity index (χ0v) is 13.8. The van der Waals surface area contributed by atoms with Crippen LogP contribution in [-0.4, -0.2) is 8.42 Å². The van der Waals surface area contributed by atoms with Crippen LogP contribution in [0.5, 0.6) is 0 Å². The predicted molar refractivity (Wildman–Crippen MR) is 85.2 cm³/mol. The van der Waals surface area contributed by atoms with Crippen molar-refractivity contribution in [1.82, 2.24) is 0 Å². The van der Waals surface area contributed by atoms with Crippen LogP contribution < -0.4 is 10.5 Å². The topological polar surface area (TPSA) is 72.2 Å². The molecule has 7 heteroatoms. The molecule has 0 aromatic heterocycles. The SMILES string of the molecule is Cc1cc(C)c(NS(=O)(=O)c2ccc(F)c(N)c2)c(Br)c1. The van der Waals surface area contributed by atoms with Gasteiger partial charge in [-0.2, -0.15) is 0 Å². The quantitative estimate of drug-likeness (QED) is 0.808. The molecule has 0 radical (unpaired) electrons. The van der Waals surface area contributed by atoms with Gasteiger partial charge in [0.15, 0.2) is 0 Å². The summed E-state index contributed by atoms with van der Waals surface area (Å²) in [7, 11) is -3.84. The van der Waals surface area contributed by atoms with Gasteiger partial charge in [0.25, 0.3) is 10.0 Å². The summed E-state index contributed by atoms with van der Waals surface area (Å²) in [6, 6.07) is 6.97. The van der Waals surface area contributed by atoms with Crippen LogP contribution in [0.3, 0.4) is 0 Å². The number of anilines is 2. The minimum Gasteiger partial charge on any atom is -0.396 e. The highest BCUT2D eigenvalue weighted by Crippen LogP contribution is 2.30. The molecule has 21 heavy (non-hydrogen) atoms. The number of rotatable bonds is 3. The fraction of sp³-hybridized carbons (Fsp3) is 0.143. The summed E-state index contributed by atoms with van der Waals surface area (Å²) < 4.78 is 41.0. The van der Waals surface area contributed by atoms with Crippen LogP contribution in [0.2, 0.25) is 0 Å². The Morgan fingerprint density at radius 3 is 2.43 bits per heavy atom. The molecule has 2 aromatic carbocycles. The van der Waals surface area contributed by atoms with Crippen molar-refractivity contribution < 1.29 is 12.8 Å². The summed E-state index contributed by atoms with van der Waals surface area (Å²) >= 11 is 3.34. The van der Waals surface area contributed by atoms with Gasteiger partial charge in [-0.15, -0.1) is 0 Å². The lowest BCUT2D eigenvalue weighted by Crippen LogP contribution is -2.15. The second-order valence-corrected chi connectivity index (χ2v) is 7.26. The van der Waals surface area contributed by atoms with E-state index in [0.29, 0.717) is 10.2 Å². The number of benzene rings is 2. The third kappa shape index (κ3) is 3.36. The highest BCUT2D eigenvalue weighted by atomic mass is 79.9. The number of hydrogen-bond donors (Lipinski definition) is 2. The van der Waals surface area contributed by atoms with Crippen LogP contribution in [0, 0.1) is 19.7 Å². The van der Waals surface area contributed by atoms with Gasteiger partial charge < -0.3 is 5.73 Å². The van der Waals surface area contributed by atoms with Gasteiger partial charge in [-0.3, -0.25) is 4.72 Å². The third-order valence-corrected chi connectivity index (χ3v) is 4.92. The van der Waals surface area contributed by atoms with Crippen molar-refractivity contribution in [3.05, 3.63) is 51.7 Å². The van der Waals surface area contributed by atoms with Crippen molar-refractivity contribution in [3.8, 4) is 0 Å². The van der Waals surface area contributed by atoms with Crippen LogP contribution in [0.25, 0.3) is 0 Å². The van der Waals surface area contributed by atoms with E-state index in [9.17, 15) is 12.8 Å². The van der Waals surface area contributed by atoms with E-state index < -0.39 is 15.8 Å². The van der Waals surface area contributed by atoms with Gasteiger partial charge >= 0.3 is 0 Å². The summed E-state index contributed by atoms with van der Waals surface area (Å²) in [5, 5.41) is 0. The van der Waals surface area contributed by atoms with E-state index in [2.05, 4.69) is 20.7 Å². The highest BCUT2D eigenvalue weighted by molar-refractivity contribution is 9.10. The monoisotopic (exact) mass is 372 g/mol. The summed E-state index contributed by atoms with van der Waals surface area (Å²) in [5.41, 5.74) is 7.44. The molecule has 0 heterocycles. The minimum atomic E-state index is -3.84. The molecular weight excluding hydrogens is 359 g/mol. The van der Waals surface area contributed by atoms with E-state index in [4.69, 9.17) is 5.73 Å². The van der Waals surface area contributed by atoms with Gasteiger partial charge in [0.2, 0.25) is 0 Å². The lowest BCUT2D eigenvalue weighted by atomic mass is 10.1. The van der Waals surface area contributed by atoms with E-state index in [1.54, 1.807) is 6.92 Å². The smallest absolute Gasteiger partial charge is 0.262 e. The van der Waals surface area contributed by atoms with Crippen molar-refractivity contribution in [2.45, 2.75) is 18.7 Å². The van der Waals surface area contributed by atoms with E-state index in [0.717, 1.165) is 23.3 Å². The molecule has 0 aliphatic heterocycles. The minimum absolute atomic E-state index is 0.0896. The molecule has 2 aromatic rings. The number of nitrogen functional groups attached to an aromatic ring is 1. The molecule has 0 unspecified atom stereocenters. The van der Waals surface area contributed by atoms with Gasteiger partial charge in [-0.25, -0.2) is 12.8 Å². The maximum Gasteiger partial charge on any atom is 0.262 e. The average molecular weight is 373 g/mol. The van der Waals surface area contributed by atoms with Gasteiger partial charge in [0, 0.05) is 4.47 Å². The number of nitrogens with two attached hydrogens (primary N) is 1. The fourth-order valence-electron chi connectivity index (χ4n) is 1.93. The molecule has 0 bridgehead atoms. The van der Waals surface area contributed by atoms with Crippen LogP contribution in [0.15, 0.2) is 39.7 Å². The number of nitrogens with one attached hydrogen (secondary N) is 1. The second-order valence-electron chi connectivity index (χ2n) is 4.73. The molecule has 0 saturated carbocycles. The number of sulfonamides is 1. The zero-order valence-electron chi connectivity index (χ0n) is 11.4. The Kier molecular flexibility index (Phi) is 4.25. The van der Waals surface area contributed by atoms with Gasteiger partial charge in [-0.05, 0) is 65.2 Å². The van der Waals surface area contributed by atoms with E-state index in [1.807, 2.05) is 19.1 Å². The normalized spacial score (nSPS) is 11.4. The van der Waals surface area contributed by atoms with Crippen LogP contribution >= 0.6 is 15.9 Å². The Labute approximate surface area is 131 Å². The van der Waals surface area contributed by atoms with Crippen molar-refractivity contribution in [3.63, 3.8) is 0 Å². The number of halogens is 2. The van der Waals surface area contributed by atoms with Crippen molar-refractivity contribution in [2.24, 2.45) is 0 Å². The lowest BCUT2D eigenvalue weighted by molar-refractivity contribution is 0.600. The lowest BCUT2D eigenvalue weighted by Gasteiger charge is -2.13. The first-order valence-electron chi connectivity index (χ1n) is 6.05. The first kappa shape index (κ1) is 15.8. The van der Waals surface area contributed by atoms with Crippen LogP contribution in [0.1, 0.15) is 11.1 Å². The summed E-state index contributed by atoms with van der Waals surface area (Å²) in [6.45, 7) is 3.71. The zero-order chi connectivity index (χ0) is 15.8. The summed E-state index contributed by atoms with van der Waals surface area (Å²) in [5.74, 6) is -0.651. The Bertz CT molecular complexity index is 784. The van der Waals surface area contributed by atoms with Gasteiger partial charge in [0.05, 0.1) is 16.3 Å². The molecule has 0 atom stereocenters. The Morgan fingerprint density at radius 2 is 1.86 bits per heavy atom. The van der Waals surface area contributed by atoms with Crippen molar-refractivity contribution in [1.29, 1.82) is 0 Å². The molecule has 0 amide bonds. The summed E-state index contributed by atoms with van der Waals surface area (Å²) in [6.07, 6.45) is 0. The van der Waals surface area contributed by atoms with Crippen molar-refractivity contribution >= 4 is 37.3 Å². The molecule has 0 saturated heterocycles. The van der Waals surface area contributed by atoms with E-state index >= 15 is 0 Å². The molecule has 0 aliphatic rings. The molecular formula is C14H14BrFN2O2S. The number of hydrogen-bond acceptors (Lipinski definition) is 3. The average Bonchev–Trinajstić information content (AvgIpc) is 2.37. The van der Waals surface area contributed by atoms with Gasteiger partial charge in [-0.1, -0.05) is 6.07 Å². The standard InChI is InChI=1S/C14H14BrFN2O2S/c1-8-5-9(2)14(11(15)6-8)18-21(19,20)10-3-4-12(16)13(17)7-10/h3-7,18H,17H2,1-2H3. The second kappa shape index (κ2) is 5.65. The molecule has 2 rings (SSSR count). The molecule has 112 valence electrons. The summed E-state index contributed by atoms with van der Waals surface area (Å²) in [4.78, 5) is -0.0896. The predicted octanol–water partition coefficient (Wildman–Crippen LogP) is 3.59. The molecule has 0 fully saturated rings. The molecule has 4 nitrogen and oxygen atoms in total. The molecule has 0 aliphatic carbocycles. The molecule has 0 spiro atoms. The Morgan fingerprint density at radius 1 is 1.19 bits per heavy atom. The van der Waals surface area contributed by atoms with Crippen molar-refractivity contribution in [2.75, 3.05) is 10.5 Å². The van der Waals surface area contributed by atoms with E-state index in [-0.39, 0.29) is 10.6 Å². The fourth-order valence-corrected chi connectivity index (χ4v) is 4.02. The third-order valence-electron chi connectivity index (χ3n) is 2.95. The highest BCUT2D eigenvalue weighted by Gasteiger charge is 2.18. The maximum absolute atomic E-state index is 13.1. The number of aryl methyl sites for hydroxylation is 2. The van der Waals surface area contributed by atoms with Gasteiger partial charge in [0.1, 0.15) is 5.82 Å².